The summed E-state index contributed by atoms with van der Waals surface area (Å²) in [6, 6.07) is 4.37. The normalized spacial score (nSPS) is 35.8. The summed E-state index contributed by atoms with van der Waals surface area (Å²) in [5, 5.41) is 9.37. The number of hydrogen-bond acceptors (Lipinski definition) is 5. The van der Waals surface area contributed by atoms with Crippen molar-refractivity contribution >= 4 is 11.8 Å². The average molecular weight is 397 g/mol. The molecular weight excluding hydrogens is 373 g/mol. The maximum absolute atomic E-state index is 14.0. The van der Waals surface area contributed by atoms with Gasteiger partial charge in [0.15, 0.2) is 0 Å². The number of amides is 2. The molecule has 3 saturated heterocycles. The van der Waals surface area contributed by atoms with E-state index >= 15 is 0 Å². The van der Waals surface area contributed by atoms with E-state index in [-0.39, 0.29) is 47.5 Å². The van der Waals surface area contributed by atoms with E-state index in [1.807, 2.05) is 0 Å². The molecule has 7 nitrogen and oxygen atoms in total. The van der Waals surface area contributed by atoms with Crippen molar-refractivity contribution in [3.63, 3.8) is 0 Å². The molecule has 6 atom stereocenters. The fourth-order valence-corrected chi connectivity index (χ4v) is 5.79. The molecule has 2 N–H and O–H groups in total. The van der Waals surface area contributed by atoms with Gasteiger partial charge in [-0.2, -0.15) is 9.65 Å². The largest absolute Gasteiger partial charge is 0.333 e. The number of fused-ring (bicyclic) bond motifs is 3. The number of aromatic nitrogens is 1. The molecule has 2 bridgehead atoms. The summed E-state index contributed by atoms with van der Waals surface area (Å²) in [5.41, 5.74) is 6.40. The van der Waals surface area contributed by atoms with Crippen molar-refractivity contribution in [2.45, 2.75) is 68.7 Å². The quantitative estimate of drug-likeness (QED) is 0.778. The number of piperidine rings is 2. The second kappa shape index (κ2) is 6.77. The molecule has 0 spiro atoms. The third kappa shape index (κ3) is 2.91. The lowest BCUT2D eigenvalue weighted by Gasteiger charge is -2.41. The highest BCUT2D eigenvalue weighted by atomic mass is 19.1. The number of nitriles is 1. The molecule has 8 heteroatoms. The van der Waals surface area contributed by atoms with Crippen LogP contribution in [0.4, 0.5) is 4.39 Å². The van der Waals surface area contributed by atoms with E-state index in [1.54, 1.807) is 15.9 Å². The first-order valence-corrected chi connectivity index (χ1v) is 10.4. The Hall–Kier alpha value is -2.53. The van der Waals surface area contributed by atoms with Crippen LogP contribution >= 0.6 is 0 Å². The topological polar surface area (TPSA) is 103 Å². The van der Waals surface area contributed by atoms with Crippen LogP contribution in [-0.4, -0.2) is 56.8 Å². The summed E-state index contributed by atoms with van der Waals surface area (Å²) < 4.78 is 14.0. The lowest BCUT2D eigenvalue weighted by Crippen LogP contribution is -2.55. The molecule has 3 aliphatic heterocycles. The zero-order valence-electron chi connectivity index (χ0n) is 16.1. The highest BCUT2D eigenvalue weighted by Crippen LogP contribution is 2.48. The monoisotopic (exact) mass is 397 g/mol. The van der Waals surface area contributed by atoms with Crippen LogP contribution in [0, 0.1) is 29.1 Å². The van der Waals surface area contributed by atoms with Crippen LogP contribution in [0.3, 0.4) is 0 Å². The number of hydrogen-bond donors (Lipinski definition) is 1. The second-order valence-electron chi connectivity index (χ2n) is 8.89. The smallest absolute Gasteiger partial charge is 0.258 e. The maximum atomic E-state index is 14.0. The van der Waals surface area contributed by atoms with E-state index in [0.29, 0.717) is 18.8 Å². The Morgan fingerprint density at radius 1 is 1.21 bits per heavy atom. The first kappa shape index (κ1) is 18.5. The van der Waals surface area contributed by atoms with Gasteiger partial charge in [0.05, 0.1) is 17.7 Å². The lowest BCUT2D eigenvalue weighted by molar-refractivity contribution is -0.135. The van der Waals surface area contributed by atoms with Crippen LogP contribution in [0.15, 0.2) is 18.3 Å². The van der Waals surface area contributed by atoms with E-state index in [0.717, 1.165) is 25.7 Å². The molecule has 1 aromatic heterocycles. The molecule has 1 aromatic rings. The zero-order chi connectivity index (χ0) is 20.3. The Morgan fingerprint density at radius 2 is 1.93 bits per heavy atom. The average Bonchev–Trinajstić information content (AvgIpc) is 3.31. The van der Waals surface area contributed by atoms with Crippen molar-refractivity contribution in [1.29, 1.82) is 5.26 Å². The van der Waals surface area contributed by atoms with Crippen LogP contribution in [0.2, 0.25) is 0 Å². The van der Waals surface area contributed by atoms with Crippen molar-refractivity contribution in [1.82, 2.24) is 14.8 Å². The van der Waals surface area contributed by atoms with Gasteiger partial charge in [-0.25, -0.2) is 4.98 Å². The maximum Gasteiger partial charge on any atom is 0.258 e. The fraction of sp³-hybridized carbons (Fsp3) is 0.619. The Labute approximate surface area is 168 Å². The number of rotatable bonds is 3. The minimum Gasteiger partial charge on any atom is -0.333 e. The number of nitrogens with zero attached hydrogens (tertiary/aromatic N) is 4. The molecule has 4 aliphatic rings. The van der Waals surface area contributed by atoms with Gasteiger partial charge in [0.25, 0.3) is 5.91 Å². The van der Waals surface area contributed by atoms with Gasteiger partial charge in [0.2, 0.25) is 11.9 Å². The van der Waals surface area contributed by atoms with E-state index < -0.39 is 12.0 Å². The minimum atomic E-state index is -0.749. The number of carbonyl (C=O) groups excluding carboxylic acids is 2. The highest BCUT2D eigenvalue weighted by molar-refractivity contribution is 5.95. The summed E-state index contributed by atoms with van der Waals surface area (Å²) in [6.45, 7) is 0. The van der Waals surface area contributed by atoms with Crippen LogP contribution in [0.5, 0.6) is 0 Å². The number of carbonyl (C=O) groups is 2. The van der Waals surface area contributed by atoms with Gasteiger partial charge < -0.3 is 15.5 Å². The van der Waals surface area contributed by atoms with Crippen LogP contribution in [0.25, 0.3) is 0 Å². The predicted molar refractivity (Wildman–Crippen MR) is 101 cm³/mol. The molecule has 2 amide bonds. The van der Waals surface area contributed by atoms with Gasteiger partial charge in [-0.1, -0.05) is 0 Å². The van der Waals surface area contributed by atoms with Gasteiger partial charge in [-0.15, -0.1) is 0 Å². The van der Waals surface area contributed by atoms with E-state index in [2.05, 4.69) is 11.1 Å². The third-order valence-corrected chi connectivity index (χ3v) is 7.29. The van der Waals surface area contributed by atoms with Gasteiger partial charge in [-0.3, -0.25) is 9.59 Å². The predicted octanol–water partition coefficient (Wildman–Crippen LogP) is 1.44. The number of likely N-dealkylation sites (tertiary alicyclic amines) is 1. The SMILES string of the molecule is N#CC1CC2CC2N1C(=O)C(N)C1CC2CCC(C1)N2C(=O)c1cccnc1F. The Balaban J connectivity index is 1.30. The van der Waals surface area contributed by atoms with Crippen LogP contribution in [0.1, 0.15) is 48.9 Å². The van der Waals surface area contributed by atoms with E-state index in [9.17, 15) is 19.2 Å². The Kier molecular flexibility index (Phi) is 4.32. The summed E-state index contributed by atoms with van der Waals surface area (Å²) in [7, 11) is 0. The van der Waals surface area contributed by atoms with Crippen molar-refractivity contribution in [2.75, 3.05) is 0 Å². The molecule has 0 radical (unpaired) electrons. The first-order valence-electron chi connectivity index (χ1n) is 10.4. The number of halogens is 1. The van der Waals surface area contributed by atoms with Crippen molar-refractivity contribution in [2.24, 2.45) is 17.6 Å². The molecule has 5 rings (SSSR count). The van der Waals surface area contributed by atoms with Gasteiger partial charge in [-0.05, 0) is 62.5 Å². The van der Waals surface area contributed by atoms with Crippen LogP contribution in [-0.2, 0) is 4.79 Å². The summed E-state index contributed by atoms with van der Waals surface area (Å²) in [4.78, 5) is 33.1. The highest BCUT2D eigenvalue weighted by Gasteiger charge is 2.56. The molecule has 4 heterocycles. The molecule has 29 heavy (non-hydrogen) atoms. The molecule has 152 valence electrons. The molecular formula is C21H24FN5O2. The standard InChI is InChI=1S/C21H24FN5O2/c22-19-16(2-1-5-25-19)20(28)26-13-3-4-14(26)8-12(7-13)18(24)21(29)27-15(10-23)6-11-9-17(11)27/h1-2,5,11-15,17-18H,3-4,6-9,24H2. The van der Waals surface area contributed by atoms with Crippen molar-refractivity contribution < 1.29 is 14.0 Å². The summed E-state index contributed by atoms with van der Waals surface area (Å²) in [5.74, 6) is -0.766. The second-order valence-corrected chi connectivity index (χ2v) is 8.89. The third-order valence-electron chi connectivity index (χ3n) is 7.29. The zero-order valence-corrected chi connectivity index (χ0v) is 16.1. The molecule has 0 aromatic carbocycles. The van der Waals surface area contributed by atoms with Gasteiger partial charge in [0.1, 0.15) is 6.04 Å². The van der Waals surface area contributed by atoms with Crippen molar-refractivity contribution in [3.8, 4) is 6.07 Å². The summed E-state index contributed by atoms with van der Waals surface area (Å²) in [6.07, 6.45) is 6.01. The van der Waals surface area contributed by atoms with Crippen LogP contribution < -0.4 is 5.73 Å². The first-order chi connectivity index (χ1) is 14.0. The van der Waals surface area contributed by atoms with Crippen molar-refractivity contribution in [3.05, 3.63) is 29.8 Å². The molecule has 1 saturated carbocycles. The minimum absolute atomic E-state index is 0.00284. The Morgan fingerprint density at radius 3 is 2.59 bits per heavy atom. The number of nitrogens with two attached hydrogens (primary N) is 1. The molecule has 6 unspecified atom stereocenters. The van der Waals surface area contributed by atoms with E-state index in [1.165, 1.54) is 12.3 Å². The van der Waals surface area contributed by atoms with Gasteiger partial charge >= 0.3 is 0 Å². The Bertz CT molecular complexity index is 887. The number of pyridine rings is 1. The summed E-state index contributed by atoms with van der Waals surface area (Å²) >= 11 is 0. The van der Waals surface area contributed by atoms with Gasteiger partial charge in [0, 0.05) is 24.3 Å². The van der Waals surface area contributed by atoms with E-state index in [4.69, 9.17) is 5.73 Å². The lowest BCUT2D eigenvalue weighted by atomic mass is 9.84. The molecule has 1 aliphatic carbocycles. The molecule has 4 fully saturated rings. The fourth-order valence-electron chi connectivity index (χ4n) is 5.79.